The van der Waals surface area contributed by atoms with Gasteiger partial charge in [-0.3, -0.25) is 0 Å². The molecule has 4 heteroatoms. The monoisotopic (exact) mass is 285 g/mol. The largest absolute Gasteiger partial charge is 0.478 e. The maximum atomic E-state index is 11.1. The van der Waals surface area contributed by atoms with Gasteiger partial charge in [0, 0.05) is 21.9 Å². The Balaban J connectivity index is 2.59. The van der Waals surface area contributed by atoms with Gasteiger partial charge >= 0.3 is 5.97 Å². The first-order valence-corrected chi connectivity index (χ1v) is 7.08. The van der Waals surface area contributed by atoms with Crippen molar-refractivity contribution in [3.63, 3.8) is 0 Å². The molecule has 0 saturated heterocycles. The molecule has 0 saturated carbocycles. The quantitative estimate of drug-likeness (QED) is 0.496. The van der Waals surface area contributed by atoms with Gasteiger partial charge in [0.25, 0.3) is 0 Å². The number of carbonyl (C=O) groups is 1. The molecule has 0 amide bonds. The van der Waals surface area contributed by atoms with Gasteiger partial charge in [-0.1, -0.05) is 36.4 Å². The molecule has 0 radical (unpaired) electrons. The van der Waals surface area contributed by atoms with E-state index in [1.54, 1.807) is 12.1 Å². The summed E-state index contributed by atoms with van der Waals surface area (Å²) in [6.07, 6.45) is 1.78. The van der Waals surface area contributed by atoms with Crippen LogP contribution in [-0.2, 0) is 0 Å². The van der Waals surface area contributed by atoms with Crippen molar-refractivity contribution in [3.8, 4) is 11.1 Å². The zero-order valence-corrected chi connectivity index (χ0v) is 11.7. The molecule has 0 aliphatic heterocycles. The van der Waals surface area contributed by atoms with Crippen LogP contribution in [0.1, 0.15) is 10.4 Å². The van der Waals surface area contributed by atoms with Crippen molar-refractivity contribution in [2.24, 2.45) is 0 Å². The second-order valence-electron chi connectivity index (χ2n) is 4.21. The summed E-state index contributed by atoms with van der Waals surface area (Å²) in [5.74, 6) is -0.278. The van der Waals surface area contributed by atoms with Crippen molar-refractivity contribution in [1.82, 2.24) is 0 Å². The van der Waals surface area contributed by atoms with E-state index in [1.165, 1.54) is 17.8 Å². The fourth-order valence-corrected chi connectivity index (χ4v) is 2.82. The molecule has 0 aliphatic rings. The minimum absolute atomic E-state index is 0.203. The van der Waals surface area contributed by atoms with Crippen LogP contribution in [0.5, 0.6) is 0 Å². The summed E-state index contributed by atoms with van der Waals surface area (Å²) in [4.78, 5) is 12.0. The number of thioether (sulfide) groups is 1. The summed E-state index contributed by atoms with van der Waals surface area (Å²) in [5.41, 5.74) is 8.60. The average Bonchev–Trinajstić information content (AvgIpc) is 2.45. The third kappa shape index (κ3) is 3.03. The number of nitrogen functional groups attached to an aromatic ring is 1. The molecule has 2 rings (SSSR count). The first kappa shape index (κ1) is 14.2. The maximum Gasteiger partial charge on any atom is 0.335 e. The third-order valence-electron chi connectivity index (χ3n) is 2.80. The average molecular weight is 285 g/mol. The second kappa shape index (κ2) is 6.30. The molecule has 0 aromatic heterocycles. The Labute approximate surface area is 122 Å². The second-order valence-corrected chi connectivity index (χ2v) is 5.27. The molecular weight excluding hydrogens is 270 g/mol. The van der Waals surface area contributed by atoms with Gasteiger partial charge in [-0.25, -0.2) is 4.79 Å². The number of carboxylic acid groups (broad SMARTS) is 1. The van der Waals surface area contributed by atoms with Crippen molar-refractivity contribution in [1.29, 1.82) is 0 Å². The van der Waals surface area contributed by atoms with Crippen LogP contribution in [0.4, 0.5) is 5.69 Å². The highest BCUT2D eigenvalue weighted by molar-refractivity contribution is 7.99. The zero-order valence-electron chi connectivity index (χ0n) is 10.9. The smallest absolute Gasteiger partial charge is 0.335 e. The van der Waals surface area contributed by atoms with Crippen LogP contribution in [0.25, 0.3) is 11.1 Å². The lowest BCUT2D eigenvalue weighted by atomic mass is 10.0. The van der Waals surface area contributed by atoms with E-state index in [0.29, 0.717) is 11.4 Å². The summed E-state index contributed by atoms with van der Waals surface area (Å²) >= 11 is 1.53. The van der Waals surface area contributed by atoms with Crippen molar-refractivity contribution >= 4 is 23.4 Å². The Morgan fingerprint density at radius 3 is 2.60 bits per heavy atom. The molecule has 20 heavy (non-hydrogen) atoms. The van der Waals surface area contributed by atoms with Gasteiger partial charge in [0.05, 0.1) is 5.56 Å². The van der Waals surface area contributed by atoms with Gasteiger partial charge in [-0.15, -0.1) is 18.3 Å². The fourth-order valence-electron chi connectivity index (χ4n) is 1.94. The highest BCUT2D eigenvalue weighted by Crippen LogP contribution is 2.37. The molecule has 2 aromatic carbocycles. The van der Waals surface area contributed by atoms with Crippen LogP contribution >= 0.6 is 11.8 Å². The summed E-state index contributed by atoms with van der Waals surface area (Å²) in [6.45, 7) is 3.69. The minimum Gasteiger partial charge on any atom is -0.478 e. The number of nitrogens with two attached hydrogens (primary N) is 1. The Morgan fingerprint density at radius 1 is 1.30 bits per heavy atom. The van der Waals surface area contributed by atoms with E-state index in [0.717, 1.165) is 16.0 Å². The molecule has 0 atom stereocenters. The predicted octanol–water partition coefficient (Wildman–Crippen LogP) is 3.91. The SMILES string of the molecule is C=CCSc1cc(C(=O)O)cc(N)c1-c1ccccc1. The van der Waals surface area contributed by atoms with Gasteiger partial charge in [0.1, 0.15) is 0 Å². The van der Waals surface area contributed by atoms with E-state index in [2.05, 4.69) is 6.58 Å². The molecule has 0 aliphatic carbocycles. The lowest BCUT2D eigenvalue weighted by Gasteiger charge is -2.13. The molecule has 0 spiro atoms. The number of carboxylic acids is 1. The van der Waals surface area contributed by atoms with Gasteiger partial charge < -0.3 is 10.8 Å². The molecule has 3 N–H and O–H groups in total. The number of hydrogen-bond donors (Lipinski definition) is 2. The lowest BCUT2D eigenvalue weighted by molar-refractivity contribution is 0.0696. The normalized spacial score (nSPS) is 10.2. The van der Waals surface area contributed by atoms with E-state index >= 15 is 0 Å². The molecule has 3 nitrogen and oxygen atoms in total. The van der Waals surface area contributed by atoms with Crippen molar-refractivity contribution in [2.45, 2.75) is 4.90 Å². The Morgan fingerprint density at radius 2 is 2.00 bits per heavy atom. The van der Waals surface area contributed by atoms with Gasteiger partial charge in [-0.05, 0) is 17.7 Å². The van der Waals surface area contributed by atoms with Crippen LogP contribution in [0.15, 0.2) is 60.0 Å². The molecule has 0 fully saturated rings. The minimum atomic E-state index is -0.975. The fraction of sp³-hybridized carbons (Fsp3) is 0.0625. The van der Waals surface area contributed by atoms with Crippen LogP contribution in [0, 0.1) is 0 Å². The molecule has 102 valence electrons. The number of anilines is 1. The van der Waals surface area contributed by atoms with Gasteiger partial charge in [-0.2, -0.15) is 0 Å². The Kier molecular flexibility index (Phi) is 4.48. The highest BCUT2D eigenvalue weighted by atomic mass is 32.2. The molecule has 0 bridgehead atoms. The first-order chi connectivity index (χ1) is 9.63. The van der Waals surface area contributed by atoms with Crippen LogP contribution < -0.4 is 5.73 Å². The summed E-state index contributed by atoms with van der Waals surface area (Å²) in [7, 11) is 0. The van der Waals surface area contributed by atoms with E-state index in [-0.39, 0.29) is 5.56 Å². The lowest BCUT2D eigenvalue weighted by Crippen LogP contribution is -2.01. The van der Waals surface area contributed by atoms with Gasteiger partial charge in [0.15, 0.2) is 0 Å². The van der Waals surface area contributed by atoms with E-state index in [9.17, 15) is 4.79 Å². The Hall–Kier alpha value is -2.20. The van der Waals surface area contributed by atoms with Crippen molar-refractivity contribution in [2.75, 3.05) is 11.5 Å². The van der Waals surface area contributed by atoms with Crippen molar-refractivity contribution < 1.29 is 9.90 Å². The molecular formula is C16H15NO2S. The van der Waals surface area contributed by atoms with Gasteiger partial charge in [0.2, 0.25) is 0 Å². The van der Waals surface area contributed by atoms with Crippen LogP contribution in [0.2, 0.25) is 0 Å². The zero-order chi connectivity index (χ0) is 14.5. The van der Waals surface area contributed by atoms with E-state index < -0.39 is 5.97 Å². The molecule has 2 aromatic rings. The van der Waals surface area contributed by atoms with Crippen LogP contribution in [-0.4, -0.2) is 16.8 Å². The summed E-state index contributed by atoms with van der Waals surface area (Å²) < 4.78 is 0. The standard InChI is InChI=1S/C16H15NO2S/c1-2-8-20-14-10-12(16(18)19)9-13(17)15(14)11-6-4-3-5-7-11/h2-7,9-10H,1,8,17H2,(H,18,19). The maximum absolute atomic E-state index is 11.1. The van der Waals surface area contributed by atoms with E-state index in [4.69, 9.17) is 10.8 Å². The van der Waals surface area contributed by atoms with Crippen LogP contribution in [0.3, 0.4) is 0 Å². The third-order valence-corrected chi connectivity index (χ3v) is 3.83. The number of rotatable bonds is 5. The number of aromatic carboxylic acids is 1. The number of benzene rings is 2. The summed E-state index contributed by atoms with van der Waals surface area (Å²) in [5, 5.41) is 9.14. The highest BCUT2D eigenvalue weighted by Gasteiger charge is 2.14. The molecule has 0 heterocycles. The first-order valence-electron chi connectivity index (χ1n) is 6.09. The molecule has 0 unspecified atom stereocenters. The topological polar surface area (TPSA) is 63.3 Å². The Bertz CT molecular complexity index is 638. The summed E-state index contributed by atoms with van der Waals surface area (Å²) in [6, 6.07) is 12.9. The van der Waals surface area contributed by atoms with E-state index in [1.807, 2.05) is 30.3 Å². The van der Waals surface area contributed by atoms with Crippen molar-refractivity contribution in [3.05, 3.63) is 60.7 Å². The predicted molar refractivity (Wildman–Crippen MR) is 84.2 cm³/mol. The number of hydrogen-bond acceptors (Lipinski definition) is 3.